The molecule has 1 aliphatic heterocycles. The molecule has 0 radical (unpaired) electrons. The number of rotatable bonds is 7. The Labute approximate surface area is 211 Å². The van der Waals surface area contributed by atoms with Gasteiger partial charge in [0.1, 0.15) is 6.07 Å². The molecule has 184 valence electrons. The molecule has 3 aromatic rings. The molecule has 0 spiro atoms. The van der Waals surface area contributed by atoms with Crippen LogP contribution in [0.4, 0.5) is 23.1 Å². The number of amides is 1. The molecular formula is C23H23ClN10O2. The molecule has 12 nitrogen and oxygen atoms in total. The van der Waals surface area contributed by atoms with Crippen LogP contribution >= 0.6 is 11.6 Å². The van der Waals surface area contributed by atoms with Crippen molar-refractivity contribution in [2.75, 3.05) is 41.8 Å². The number of anilines is 4. The van der Waals surface area contributed by atoms with Crippen LogP contribution in [0.1, 0.15) is 31.0 Å². The van der Waals surface area contributed by atoms with Crippen molar-refractivity contribution in [3.8, 4) is 12.1 Å². The Morgan fingerprint density at radius 3 is 2.86 bits per heavy atom. The Morgan fingerprint density at radius 1 is 1.31 bits per heavy atom. The second-order valence-electron chi connectivity index (χ2n) is 8.66. The van der Waals surface area contributed by atoms with E-state index in [-0.39, 0.29) is 23.7 Å². The Hall–Kier alpha value is -4.13. The average Bonchev–Trinajstić information content (AvgIpc) is 3.60. The highest BCUT2D eigenvalue weighted by molar-refractivity contribution is 6.36. The van der Waals surface area contributed by atoms with Crippen LogP contribution in [-0.2, 0) is 9.53 Å². The van der Waals surface area contributed by atoms with Gasteiger partial charge in [-0.25, -0.2) is 4.98 Å². The minimum absolute atomic E-state index is 0.128. The lowest BCUT2D eigenvalue weighted by molar-refractivity contribution is -0.119. The second kappa shape index (κ2) is 9.85. The highest BCUT2D eigenvalue weighted by Crippen LogP contribution is 2.37. The van der Waals surface area contributed by atoms with Gasteiger partial charge in [0.05, 0.1) is 46.9 Å². The number of carbonyl (C=O) groups is 1. The normalized spacial score (nSPS) is 17.3. The number of carbonyl (C=O) groups excluding carboxylic acids is 1. The van der Waals surface area contributed by atoms with E-state index < -0.39 is 0 Å². The number of fused-ring (bicyclic) bond motifs is 1. The van der Waals surface area contributed by atoms with E-state index in [0.717, 1.165) is 12.8 Å². The van der Waals surface area contributed by atoms with Gasteiger partial charge < -0.3 is 25.6 Å². The highest BCUT2D eigenvalue weighted by Gasteiger charge is 2.26. The average molecular weight is 507 g/mol. The SMILES string of the molecule is CC(=O)NCC1CN(c2cc(C#N)cc(Nc3nc(NC4CC4)c4ncc(C#N)n4n3)c2Cl)CCO1. The van der Waals surface area contributed by atoms with E-state index in [1.165, 1.54) is 17.6 Å². The summed E-state index contributed by atoms with van der Waals surface area (Å²) in [7, 11) is 0. The zero-order valence-electron chi connectivity index (χ0n) is 19.5. The molecular weight excluding hydrogens is 484 g/mol. The maximum atomic E-state index is 11.3. The Kier molecular flexibility index (Phi) is 6.46. The molecule has 1 saturated carbocycles. The first-order valence-electron chi connectivity index (χ1n) is 11.5. The van der Waals surface area contributed by atoms with Gasteiger partial charge in [-0.1, -0.05) is 11.6 Å². The molecule has 3 heterocycles. The number of hydrogen-bond donors (Lipinski definition) is 3. The quantitative estimate of drug-likeness (QED) is 0.434. The highest BCUT2D eigenvalue weighted by atomic mass is 35.5. The van der Waals surface area contributed by atoms with E-state index in [1.807, 2.05) is 4.90 Å². The smallest absolute Gasteiger partial charge is 0.247 e. The van der Waals surface area contributed by atoms with Crippen molar-refractivity contribution in [1.29, 1.82) is 10.5 Å². The number of imidazole rings is 1. The number of halogens is 1. The van der Waals surface area contributed by atoms with E-state index in [4.69, 9.17) is 16.3 Å². The first-order chi connectivity index (χ1) is 17.4. The molecule has 1 atom stereocenters. The van der Waals surface area contributed by atoms with E-state index in [2.05, 4.69) is 43.2 Å². The molecule has 2 fully saturated rings. The third kappa shape index (κ3) is 4.96. The van der Waals surface area contributed by atoms with Crippen LogP contribution < -0.4 is 20.9 Å². The summed E-state index contributed by atoms with van der Waals surface area (Å²) < 4.78 is 7.19. The van der Waals surface area contributed by atoms with E-state index in [0.29, 0.717) is 65.7 Å². The Morgan fingerprint density at radius 2 is 2.14 bits per heavy atom. The van der Waals surface area contributed by atoms with Crippen molar-refractivity contribution in [2.24, 2.45) is 0 Å². The summed E-state index contributed by atoms with van der Waals surface area (Å²) >= 11 is 6.82. The summed E-state index contributed by atoms with van der Waals surface area (Å²) in [6.07, 6.45) is 3.30. The van der Waals surface area contributed by atoms with E-state index in [9.17, 15) is 15.3 Å². The molecule has 3 N–H and O–H groups in total. The lowest BCUT2D eigenvalue weighted by Gasteiger charge is -2.35. The number of nitrogens with zero attached hydrogens (tertiary/aromatic N) is 7. The topological polar surface area (TPSA) is 156 Å². The summed E-state index contributed by atoms with van der Waals surface area (Å²) in [5.41, 5.74) is 2.24. The number of aromatic nitrogens is 4. The minimum atomic E-state index is -0.215. The van der Waals surface area contributed by atoms with Crippen molar-refractivity contribution in [2.45, 2.75) is 31.9 Å². The third-order valence-electron chi connectivity index (χ3n) is 5.88. The number of hydrogen-bond acceptors (Lipinski definition) is 10. The second-order valence-corrected chi connectivity index (χ2v) is 9.04. The van der Waals surface area contributed by atoms with Crippen LogP contribution in [-0.4, -0.2) is 63.9 Å². The van der Waals surface area contributed by atoms with Crippen molar-refractivity contribution in [3.63, 3.8) is 0 Å². The van der Waals surface area contributed by atoms with Gasteiger partial charge >= 0.3 is 0 Å². The predicted molar refractivity (Wildman–Crippen MR) is 132 cm³/mol. The molecule has 1 saturated heterocycles. The molecule has 2 aliphatic rings. The zero-order valence-corrected chi connectivity index (χ0v) is 20.2. The molecule has 1 amide bonds. The number of ether oxygens (including phenoxy) is 1. The number of morpholine rings is 1. The monoisotopic (exact) mass is 506 g/mol. The van der Waals surface area contributed by atoms with Gasteiger partial charge in [-0.15, -0.1) is 5.10 Å². The maximum Gasteiger partial charge on any atom is 0.247 e. The minimum Gasteiger partial charge on any atom is -0.373 e. The predicted octanol–water partition coefficient (Wildman–Crippen LogP) is 2.18. The fraction of sp³-hybridized carbons (Fsp3) is 0.391. The number of benzene rings is 1. The van der Waals surface area contributed by atoms with Crippen LogP contribution in [0, 0.1) is 22.7 Å². The van der Waals surface area contributed by atoms with Gasteiger partial charge in [0.25, 0.3) is 0 Å². The molecule has 2 aromatic heterocycles. The molecule has 1 aromatic carbocycles. The fourth-order valence-electron chi connectivity index (χ4n) is 3.96. The summed E-state index contributed by atoms with van der Waals surface area (Å²) in [6, 6.07) is 7.92. The van der Waals surface area contributed by atoms with Gasteiger partial charge in [0.15, 0.2) is 17.2 Å². The van der Waals surface area contributed by atoms with Crippen LogP contribution in [0.2, 0.25) is 5.02 Å². The largest absolute Gasteiger partial charge is 0.373 e. The first kappa shape index (κ1) is 23.6. The molecule has 1 unspecified atom stereocenters. The fourth-order valence-corrected chi connectivity index (χ4v) is 4.24. The number of nitriles is 2. The molecule has 0 bridgehead atoms. The van der Waals surface area contributed by atoms with Gasteiger partial charge in [0, 0.05) is 32.6 Å². The Balaban J connectivity index is 1.47. The lowest BCUT2D eigenvalue weighted by atomic mass is 10.1. The van der Waals surface area contributed by atoms with Crippen molar-refractivity contribution < 1.29 is 9.53 Å². The van der Waals surface area contributed by atoms with Crippen molar-refractivity contribution in [1.82, 2.24) is 24.9 Å². The van der Waals surface area contributed by atoms with Gasteiger partial charge in [-0.3, -0.25) is 4.79 Å². The number of nitrogens with one attached hydrogen (secondary N) is 3. The summed E-state index contributed by atoms with van der Waals surface area (Å²) in [5.74, 6) is 0.587. The summed E-state index contributed by atoms with van der Waals surface area (Å²) in [5, 5.41) is 33.2. The summed E-state index contributed by atoms with van der Waals surface area (Å²) in [4.78, 5) is 22.2. The third-order valence-corrected chi connectivity index (χ3v) is 6.28. The van der Waals surface area contributed by atoms with E-state index >= 15 is 0 Å². The van der Waals surface area contributed by atoms with Crippen LogP contribution in [0.3, 0.4) is 0 Å². The molecule has 5 rings (SSSR count). The Bertz CT molecular complexity index is 1400. The van der Waals surface area contributed by atoms with Crippen LogP contribution in [0.15, 0.2) is 18.3 Å². The van der Waals surface area contributed by atoms with Crippen molar-refractivity contribution >= 4 is 46.3 Å². The zero-order chi connectivity index (χ0) is 25.2. The van der Waals surface area contributed by atoms with Crippen LogP contribution in [0.25, 0.3) is 5.65 Å². The van der Waals surface area contributed by atoms with E-state index in [1.54, 1.807) is 12.1 Å². The standard InChI is InChI=1S/C23H23ClN10O2/c1-13(35)27-11-17-12-33(4-5-36-17)19-7-14(8-25)6-18(20(19)24)30-23-31-21(29-15-2-3-15)22-28-10-16(9-26)34(22)32-23/h6-7,10,15,17H,2-5,11-12H2,1H3,(H,27,35)(H2,29,30,31,32). The van der Waals surface area contributed by atoms with Gasteiger partial charge in [0.2, 0.25) is 11.9 Å². The van der Waals surface area contributed by atoms with Gasteiger partial charge in [-0.2, -0.15) is 20.0 Å². The first-order valence-corrected chi connectivity index (χ1v) is 11.9. The maximum absolute atomic E-state index is 11.3. The molecule has 1 aliphatic carbocycles. The summed E-state index contributed by atoms with van der Waals surface area (Å²) in [6.45, 7) is 3.35. The lowest BCUT2D eigenvalue weighted by Crippen LogP contribution is -2.47. The van der Waals surface area contributed by atoms with Crippen LogP contribution in [0.5, 0.6) is 0 Å². The molecule has 13 heteroatoms. The van der Waals surface area contributed by atoms with Gasteiger partial charge in [-0.05, 0) is 25.0 Å². The molecule has 36 heavy (non-hydrogen) atoms. The van der Waals surface area contributed by atoms with Crippen molar-refractivity contribution in [3.05, 3.63) is 34.6 Å².